The van der Waals surface area contributed by atoms with Crippen molar-refractivity contribution in [2.45, 2.75) is 22.8 Å². The van der Waals surface area contributed by atoms with Gasteiger partial charge in [0.05, 0.1) is 24.3 Å². The molecule has 0 spiro atoms. The summed E-state index contributed by atoms with van der Waals surface area (Å²) >= 11 is 1.24. The summed E-state index contributed by atoms with van der Waals surface area (Å²) in [5.41, 5.74) is 12.1. The Kier molecular flexibility index (Phi) is 3.17. The lowest BCUT2D eigenvalue weighted by atomic mass is 10.1. The number of aliphatic hydroxyl groups is 3. The Labute approximate surface area is 117 Å². The van der Waals surface area contributed by atoms with Crippen LogP contribution < -0.4 is 11.5 Å². The summed E-state index contributed by atoms with van der Waals surface area (Å²) in [6.07, 6.45) is -0.613. The second-order valence-corrected chi connectivity index (χ2v) is 5.88. The normalized spacial score (nSPS) is 30.1. The quantitative estimate of drug-likeness (QED) is 0.436. The predicted octanol–water partition coefficient (Wildman–Crippen LogP) is -1.68. The average molecular weight is 298 g/mol. The molecule has 0 radical (unpaired) electrons. The third-order valence-electron chi connectivity index (χ3n) is 3.26. The van der Waals surface area contributed by atoms with Gasteiger partial charge in [-0.05, 0) is 0 Å². The Bertz CT molecular complexity index is 649. The molecule has 0 amide bonds. The van der Waals surface area contributed by atoms with E-state index in [1.807, 2.05) is 0 Å². The molecule has 1 aliphatic rings. The standard InChI is InChI=1S/C10H14N6O3S/c11-7-4-8(15-10(12)14-7)13-2-16(4)9-6(19)5(18)3(1-17)20-9/h2-3,5-6,9,17-19H,1H2,(H4,11,12,14,15)/t3-,5-,6+,9-/m1/s1. The largest absolute Gasteiger partial charge is 0.395 e. The summed E-state index contributed by atoms with van der Waals surface area (Å²) in [4.78, 5) is 11.9. The Morgan fingerprint density at radius 1 is 1.25 bits per heavy atom. The minimum absolute atomic E-state index is 0.0214. The molecule has 3 heterocycles. The molecule has 0 aromatic carbocycles. The van der Waals surface area contributed by atoms with Crippen molar-refractivity contribution in [3.8, 4) is 0 Å². The number of rotatable bonds is 2. The fourth-order valence-electron chi connectivity index (χ4n) is 2.29. The van der Waals surface area contributed by atoms with Gasteiger partial charge in [0.1, 0.15) is 17.0 Å². The number of fused-ring (bicyclic) bond motifs is 1. The van der Waals surface area contributed by atoms with Crippen LogP contribution in [0, 0.1) is 0 Å². The first-order chi connectivity index (χ1) is 9.52. The second-order valence-electron chi connectivity index (χ2n) is 4.52. The number of thioether (sulfide) groups is 1. The SMILES string of the molecule is Nc1nc(N)c2c(ncn2[C@@H]2S[C@H](CO)[C@@H](O)[C@@H]2O)n1. The van der Waals surface area contributed by atoms with Crippen LogP contribution in [0.2, 0.25) is 0 Å². The van der Waals surface area contributed by atoms with Gasteiger partial charge < -0.3 is 31.4 Å². The molecule has 0 aliphatic carbocycles. The molecule has 9 nitrogen and oxygen atoms in total. The third-order valence-corrected chi connectivity index (χ3v) is 4.83. The number of nitrogen functional groups attached to an aromatic ring is 2. The lowest BCUT2D eigenvalue weighted by Gasteiger charge is -2.17. The lowest BCUT2D eigenvalue weighted by Crippen LogP contribution is -2.32. The smallest absolute Gasteiger partial charge is 0.224 e. The number of aromatic nitrogens is 4. The van der Waals surface area contributed by atoms with E-state index >= 15 is 0 Å². The summed E-state index contributed by atoms with van der Waals surface area (Å²) in [5, 5.41) is 28.2. The molecule has 2 aromatic rings. The van der Waals surface area contributed by atoms with Crippen LogP contribution in [0.1, 0.15) is 5.37 Å². The summed E-state index contributed by atoms with van der Waals surface area (Å²) in [6.45, 7) is -0.231. The number of nitrogens with two attached hydrogens (primary N) is 2. The Morgan fingerprint density at radius 2 is 2.00 bits per heavy atom. The molecule has 0 bridgehead atoms. The fraction of sp³-hybridized carbons (Fsp3) is 0.500. The fourth-order valence-corrected chi connectivity index (χ4v) is 3.67. The van der Waals surface area contributed by atoms with Gasteiger partial charge in [-0.2, -0.15) is 9.97 Å². The average Bonchev–Trinajstić information content (AvgIpc) is 2.93. The Balaban J connectivity index is 2.07. The molecule has 1 fully saturated rings. The monoisotopic (exact) mass is 298 g/mol. The second kappa shape index (κ2) is 4.74. The summed E-state index contributed by atoms with van der Waals surface area (Å²) in [7, 11) is 0. The minimum Gasteiger partial charge on any atom is -0.395 e. The van der Waals surface area contributed by atoms with Crippen LogP contribution in [0.4, 0.5) is 11.8 Å². The first kappa shape index (κ1) is 13.4. The molecule has 108 valence electrons. The summed E-state index contributed by atoms with van der Waals surface area (Å²) in [5.74, 6) is 0.174. The number of anilines is 2. The summed E-state index contributed by atoms with van der Waals surface area (Å²) in [6, 6.07) is 0. The molecule has 1 aliphatic heterocycles. The molecule has 2 aromatic heterocycles. The molecule has 1 saturated heterocycles. The maximum absolute atomic E-state index is 10.1. The molecular weight excluding hydrogens is 284 g/mol. The number of aliphatic hydroxyl groups excluding tert-OH is 3. The van der Waals surface area contributed by atoms with Gasteiger partial charge in [-0.15, -0.1) is 11.8 Å². The van der Waals surface area contributed by atoms with Crippen LogP contribution in [0.5, 0.6) is 0 Å². The van der Waals surface area contributed by atoms with E-state index in [2.05, 4.69) is 15.0 Å². The van der Waals surface area contributed by atoms with Crippen molar-refractivity contribution in [3.63, 3.8) is 0 Å². The topological polar surface area (TPSA) is 156 Å². The van der Waals surface area contributed by atoms with Gasteiger partial charge in [-0.1, -0.05) is 0 Å². The van der Waals surface area contributed by atoms with Crippen LogP contribution in [-0.4, -0.2) is 58.9 Å². The molecule has 3 rings (SSSR count). The molecule has 10 heteroatoms. The number of hydrogen-bond donors (Lipinski definition) is 5. The van der Waals surface area contributed by atoms with Crippen molar-refractivity contribution in [1.29, 1.82) is 0 Å². The Morgan fingerprint density at radius 3 is 2.65 bits per heavy atom. The van der Waals surface area contributed by atoms with Crippen molar-refractivity contribution in [2.75, 3.05) is 18.1 Å². The molecule has 4 atom stereocenters. The number of imidazole rings is 1. The first-order valence-corrected chi connectivity index (χ1v) is 6.85. The zero-order valence-corrected chi connectivity index (χ0v) is 11.1. The van der Waals surface area contributed by atoms with E-state index in [9.17, 15) is 15.3 Å². The molecule has 0 saturated carbocycles. The van der Waals surface area contributed by atoms with Crippen molar-refractivity contribution in [1.82, 2.24) is 19.5 Å². The van der Waals surface area contributed by atoms with Gasteiger partial charge in [-0.25, -0.2) is 4.98 Å². The maximum Gasteiger partial charge on any atom is 0.224 e. The van der Waals surface area contributed by atoms with E-state index < -0.39 is 22.8 Å². The van der Waals surface area contributed by atoms with Gasteiger partial charge in [-0.3, -0.25) is 0 Å². The number of nitrogens with zero attached hydrogens (tertiary/aromatic N) is 4. The predicted molar refractivity (Wildman–Crippen MR) is 73.7 cm³/mol. The third kappa shape index (κ3) is 1.88. The zero-order valence-electron chi connectivity index (χ0n) is 10.3. The number of hydrogen-bond acceptors (Lipinski definition) is 9. The molecular formula is C10H14N6O3S. The van der Waals surface area contributed by atoms with Gasteiger partial charge >= 0.3 is 0 Å². The van der Waals surface area contributed by atoms with Gasteiger partial charge in [0.15, 0.2) is 11.5 Å². The lowest BCUT2D eigenvalue weighted by molar-refractivity contribution is 0.0113. The molecule has 7 N–H and O–H groups in total. The van der Waals surface area contributed by atoms with Crippen LogP contribution in [0.25, 0.3) is 11.2 Å². The molecule has 20 heavy (non-hydrogen) atoms. The van der Waals surface area contributed by atoms with Crippen molar-refractivity contribution >= 4 is 34.7 Å². The highest BCUT2D eigenvalue weighted by molar-refractivity contribution is 8.00. The Hall–Kier alpha value is -1.62. The van der Waals surface area contributed by atoms with E-state index in [1.54, 1.807) is 4.57 Å². The van der Waals surface area contributed by atoms with E-state index in [4.69, 9.17) is 11.5 Å². The highest BCUT2D eigenvalue weighted by atomic mass is 32.2. The van der Waals surface area contributed by atoms with Crippen molar-refractivity contribution < 1.29 is 15.3 Å². The minimum atomic E-state index is -1.05. The maximum atomic E-state index is 10.1. The van der Waals surface area contributed by atoms with E-state index in [-0.39, 0.29) is 18.4 Å². The van der Waals surface area contributed by atoms with E-state index in [0.29, 0.717) is 11.2 Å². The highest BCUT2D eigenvalue weighted by Crippen LogP contribution is 2.43. The summed E-state index contributed by atoms with van der Waals surface area (Å²) < 4.78 is 1.60. The van der Waals surface area contributed by atoms with Crippen LogP contribution in [-0.2, 0) is 0 Å². The van der Waals surface area contributed by atoms with Gasteiger partial charge in [0.25, 0.3) is 0 Å². The van der Waals surface area contributed by atoms with E-state index in [1.165, 1.54) is 18.1 Å². The zero-order chi connectivity index (χ0) is 14.4. The van der Waals surface area contributed by atoms with Crippen LogP contribution in [0.15, 0.2) is 6.33 Å². The van der Waals surface area contributed by atoms with E-state index in [0.717, 1.165) is 0 Å². The van der Waals surface area contributed by atoms with Crippen molar-refractivity contribution in [3.05, 3.63) is 6.33 Å². The first-order valence-electron chi connectivity index (χ1n) is 5.91. The van der Waals surface area contributed by atoms with Gasteiger partial charge in [0, 0.05) is 0 Å². The van der Waals surface area contributed by atoms with Crippen LogP contribution in [0.3, 0.4) is 0 Å². The van der Waals surface area contributed by atoms with Crippen LogP contribution >= 0.6 is 11.8 Å². The van der Waals surface area contributed by atoms with Crippen molar-refractivity contribution in [2.24, 2.45) is 0 Å². The highest BCUT2D eigenvalue weighted by Gasteiger charge is 2.43. The molecule has 0 unspecified atom stereocenters. The van der Waals surface area contributed by atoms with Gasteiger partial charge in [0.2, 0.25) is 5.95 Å².